The highest BCUT2D eigenvalue weighted by molar-refractivity contribution is 5.99. The number of nitrogens with zero attached hydrogens (tertiary/aromatic N) is 6. The smallest absolute Gasteiger partial charge is 0.256 e. The van der Waals surface area contributed by atoms with Crippen molar-refractivity contribution in [2.45, 2.75) is 34.1 Å². The van der Waals surface area contributed by atoms with Crippen molar-refractivity contribution in [1.82, 2.24) is 14.9 Å². The number of anilines is 1. The summed E-state index contributed by atoms with van der Waals surface area (Å²) in [5.41, 5.74) is 2.84. The molecule has 1 aromatic carbocycles. The van der Waals surface area contributed by atoms with Gasteiger partial charge < -0.3 is 4.90 Å². The Morgan fingerprint density at radius 1 is 1.10 bits per heavy atom. The lowest BCUT2D eigenvalue weighted by molar-refractivity contribution is 0.0766. The van der Waals surface area contributed by atoms with Crippen LogP contribution in [0.15, 0.2) is 53.4 Å². The van der Waals surface area contributed by atoms with Gasteiger partial charge >= 0.3 is 0 Å². The predicted molar refractivity (Wildman–Crippen MR) is 121 cm³/mol. The van der Waals surface area contributed by atoms with Crippen molar-refractivity contribution >= 4 is 30.6 Å². The molecule has 0 radical (unpaired) electrons. The number of amides is 1. The maximum atomic E-state index is 13.0. The van der Waals surface area contributed by atoms with Gasteiger partial charge in [0.2, 0.25) is 0 Å². The number of aromatic nitrogens is 2. The second kappa shape index (κ2) is 12.2. The highest BCUT2D eigenvalue weighted by Crippen LogP contribution is 2.22. The lowest BCUT2D eigenvalue weighted by Gasteiger charge is -2.23. The first-order valence-electron chi connectivity index (χ1n) is 9.60. The van der Waals surface area contributed by atoms with Crippen LogP contribution < -0.4 is 5.12 Å². The Morgan fingerprint density at radius 2 is 1.69 bits per heavy atom. The second-order valence-electron chi connectivity index (χ2n) is 5.89. The van der Waals surface area contributed by atoms with Crippen molar-refractivity contribution in [3.05, 3.63) is 60.2 Å². The third-order valence-electron chi connectivity index (χ3n) is 4.09. The zero-order chi connectivity index (χ0) is 21.8. The van der Waals surface area contributed by atoms with Crippen LogP contribution in [0.4, 0.5) is 5.69 Å². The van der Waals surface area contributed by atoms with E-state index in [1.807, 2.05) is 33.8 Å². The molecule has 0 bridgehead atoms. The van der Waals surface area contributed by atoms with Gasteiger partial charge in [-0.2, -0.15) is 15.3 Å². The number of allylic oxidation sites excluding steroid dienone is 1. The van der Waals surface area contributed by atoms with Gasteiger partial charge in [-0.05, 0) is 31.6 Å². The topological polar surface area (TPSA) is 74.1 Å². The molecule has 29 heavy (non-hydrogen) atoms. The molecule has 0 saturated carbocycles. The minimum atomic E-state index is -0.121. The van der Waals surface area contributed by atoms with Crippen LogP contribution in [0, 0.1) is 0 Å². The number of hydrazone groups is 2. The predicted octanol–water partition coefficient (Wildman–Crippen LogP) is 4.28. The van der Waals surface area contributed by atoms with Crippen molar-refractivity contribution < 1.29 is 4.79 Å². The van der Waals surface area contributed by atoms with E-state index in [9.17, 15) is 4.79 Å². The van der Waals surface area contributed by atoms with E-state index in [-0.39, 0.29) is 5.91 Å². The zero-order valence-electron chi connectivity index (χ0n) is 17.8. The third-order valence-corrected chi connectivity index (χ3v) is 4.09. The minimum Gasteiger partial charge on any atom is -0.338 e. The molecule has 154 valence electrons. The molecule has 0 aliphatic heterocycles. The molecule has 7 nitrogen and oxygen atoms in total. The first-order chi connectivity index (χ1) is 14.0. The quantitative estimate of drug-likeness (QED) is 0.470. The van der Waals surface area contributed by atoms with Crippen LogP contribution in [-0.4, -0.2) is 47.3 Å². The van der Waals surface area contributed by atoms with Gasteiger partial charge in [0, 0.05) is 50.9 Å². The van der Waals surface area contributed by atoms with E-state index in [2.05, 4.69) is 40.2 Å². The van der Waals surface area contributed by atoms with Gasteiger partial charge in [0.15, 0.2) is 0 Å². The van der Waals surface area contributed by atoms with E-state index in [4.69, 9.17) is 0 Å². The Balaban J connectivity index is 0.00000204. The molecular weight excluding hydrogens is 364 g/mol. The minimum absolute atomic E-state index is 0.121. The van der Waals surface area contributed by atoms with Gasteiger partial charge in [0.25, 0.3) is 5.91 Å². The monoisotopic (exact) mass is 394 g/mol. The molecule has 0 unspecified atom stereocenters. The molecule has 1 amide bonds. The lowest BCUT2D eigenvalue weighted by Crippen LogP contribution is -2.33. The fourth-order valence-corrected chi connectivity index (χ4v) is 2.54. The summed E-state index contributed by atoms with van der Waals surface area (Å²) in [6, 6.07) is 7.10. The molecule has 2 aromatic rings. The van der Waals surface area contributed by atoms with E-state index < -0.39 is 0 Å². The van der Waals surface area contributed by atoms with E-state index in [0.717, 1.165) is 11.1 Å². The molecule has 0 spiro atoms. The number of hydrogen-bond donors (Lipinski definition) is 0. The normalized spacial score (nSPS) is 9.66. The first-order valence-corrected chi connectivity index (χ1v) is 9.60. The molecule has 0 aliphatic rings. The first kappa shape index (κ1) is 23.7. The lowest BCUT2D eigenvalue weighted by atomic mass is 10.1. The Labute approximate surface area is 173 Å². The third kappa shape index (κ3) is 6.34. The summed E-state index contributed by atoms with van der Waals surface area (Å²) in [7, 11) is 0. The van der Waals surface area contributed by atoms with Crippen LogP contribution in [0.1, 0.15) is 49.4 Å². The number of rotatable bonds is 9. The summed E-state index contributed by atoms with van der Waals surface area (Å²) < 4.78 is 0. The number of carbonyl (C=O) groups excluding carboxylic acids is 1. The zero-order valence-corrected chi connectivity index (χ0v) is 17.8. The van der Waals surface area contributed by atoms with Gasteiger partial charge in [-0.3, -0.25) is 4.79 Å². The highest BCUT2D eigenvalue weighted by Gasteiger charge is 2.20. The molecule has 7 heteroatoms. The van der Waals surface area contributed by atoms with Gasteiger partial charge in [0.05, 0.1) is 11.3 Å². The SMILES string of the molecule is C=NN(N=C)c1ccccc1C(=O)N(CC)CCc1ncc(C(=C)C)cn1.CC. The van der Waals surface area contributed by atoms with Crippen molar-refractivity contribution in [2.24, 2.45) is 10.2 Å². The van der Waals surface area contributed by atoms with Crippen LogP contribution in [-0.2, 0) is 6.42 Å². The molecule has 0 saturated heterocycles. The highest BCUT2D eigenvalue weighted by atomic mass is 16.2. The van der Waals surface area contributed by atoms with Gasteiger partial charge in [-0.1, -0.05) is 32.6 Å². The van der Waals surface area contributed by atoms with Crippen LogP contribution in [0.2, 0.25) is 0 Å². The van der Waals surface area contributed by atoms with Crippen LogP contribution >= 0.6 is 0 Å². The second-order valence-corrected chi connectivity index (χ2v) is 5.89. The molecule has 1 aromatic heterocycles. The maximum absolute atomic E-state index is 13.0. The molecule has 1 heterocycles. The van der Waals surface area contributed by atoms with Crippen LogP contribution in [0.3, 0.4) is 0 Å². The largest absolute Gasteiger partial charge is 0.338 e. The van der Waals surface area contributed by atoms with E-state index in [1.54, 1.807) is 35.5 Å². The van der Waals surface area contributed by atoms with Crippen LogP contribution in [0.25, 0.3) is 5.57 Å². The summed E-state index contributed by atoms with van der Waals surface area (Å²) in [6.07, 6.45) is 4.06. The number of benzene rings is 1. The molecule has 0 N–H and O–H groups in total. The number of carbonyl (C=O) groups is 1. The van der Waals surface area contributed by atoms with Crippen molar-refractivity contribution in [3.63, 3.8) is 0 Å². The molecule has 2 rings (SSSR count). The summed E-state index contributed by atoms with van der Waals surface area (Å²) in [4.78, 5) is 23.4. The van der Waals surface area contributed by atoms with Crippen molar-refractivity contribution in [3.8, 4) is 0 Å². The van der Waals surface area contributed by atoms with E-state index >= 15 is 0 Å². The van der Waals surface area contributed by atoms with Crippen LogP contribution in [0.5, 0.6) is 0 Å². The molecule has 0 aliphatic carbocycles. The number of likely N-dealkylation sites (N-methyl/N-ethyl adjacent to an activating group) is 1. The molecule has 0 atom stereocenters. The average molecular weight is 395 g/mol. The van der Waals surface area contributed by atoms with Gasteiger partial charge in [0.1, 0.15) is 5.82 Å². The summed E-state index contributed by atoms with van der Waals surface area (Å²) in [5.74, 6) is 0.561. The average Bonchev–Trinajstić information content (AvgIpc) is 2.77. The Morgan fingerprint density at radius 3 is 2.21 bits per heavy atom. The Bertz CT molecular complexity index is 823. The van der Waals surface area contributed by atoms with Gasteiger partial charge in [-0.25, -0.2) is 9.97 Å². The summed E-state index contributed by atoms with van der Waals surface area (Å²) in [6.45, 7) is 19.7. The number of para-hydroxylation sites is 1. The summed E-state index contributed by atoms with van der Waals surface area (Å²) >= 11 is 0. The number of hydrogen-bond acceptors (Lipinski definition) is 6. The standard InChI is InChI=1S/C20H24N6O.C2H6/c1-6-25(12-11-19-23-13-16(14-24-19)15(2)3)20(27)17-9-7-8-10-18(17)26(21-4)22-5;1-2/h7-10,13-14H,2,4-6,11-12H2,1,3H3;1-2H3. The van der Waals surface area contributed by atoms with E-state index in [1.165, 1.54) is 5.12 Å². The Hall–Kier alpha value is -3.35. The van der Waals surface area contributed by atoms with Gasteiger partial charge in [-0.15, -0.1) is 0 Å². The molecular formula is C22H30N6O. The Kier molecular flexibility index (Phi) is 9.95. The van der Waals surface area contributed by atoms with E-state index in [0.29, 0.717) is 36.6 Å². The van der Waals surface area contributed by atoms with Crippen molar-refractivity contribution in [2.75, 3.05) is 18.2 Å². The summed E-state index contributed by atoms with van der Waals surface area (Å²) in [5, 5.41) is 8.79. The molecule has 0 fully saturated rings. The fraction of sp³-hybridized carbons (Fsp3) is 0.318. The van der Waals surface area contributed by atoms with Crippen molar-refractivity contribution in [1.29, 1.82) is 0 Å². The maximum Gasteiger partial charge on any atom is 0.256 e. The fourth-order valence-electron chi connectivity index (χ4n) is 2.54.